The van der Waals surface area contributed by atoms with E-state index in [1.54, 1.807) is 6.08 Å². The van der Waals surface area contributed by atoms with Gasteiger partial charge in [-0.2, -0.15) is 5.26 Å². The van der Waals surface area contributed by atoms with Gasteiger partial charge in [0.2, 0.25) is 0 Å². The molecule has 0 radical (unpaired) electrons. The Morgan fingerprint density at radius 1 is 1.24 bits per heavy atom. The van der Waals surface area contributed by atoms with E-state index in [0.717, 1.165) is 16.3 Å². The molecule has 0 saturated carbocycles. The molecule has 3 nitrogen and oxygen atoms in total. The van der Waals surface area contributed by atoms with E-state index in [9.17, 15) is 4.79 Å². The summed E-state index contributed by atoms with van der Waals surface area (Å²) < 4.78 is 5.26. The maximum Gasteiger partial charge on any atom is 0.348 e. The van der Waals surface area contributed by atoms with Gasteiger partial charge in [0, 0.05) is 0 Å². The van der Waals surface area contributed by atoms with Gasteiger partial charge in [-0.3, -0.25) is 0 Å². The Hall–Kier alpha value is -2.60. The van der Waals surface area contributed by atoms with E-state index >= 15 is 0 Å². The van der Waals surface area contributed by atoms with E-state index in [0.29, 0.717) is 0 Å². The molecular formula is C18H17NO2. The van der Waals surface area contributed by atoms with E-state index in [4.69, 9.17) is 10.00 Å². The molecule has 0 aliphatic heterocycles. The van der Waals surface area contributed by atoms with Crippen LogP contribution in [0.5, 0.6) is 0 Å². The summed E-state index contributed by atoms with van der Waals surface area (Å²) in [6, 6.07) is 15.7. The molecular weight excluding hydrogens is 262 g/mol. The number of rotatable bonds is 4. The van der Waals surface area contributed by atoms with Gasteiger partial charge in [-0.1, -0.05) is 62.4 Å². The van der Waals surface area contributed by atoms with Crippen molar-refractivity contribution in [2.75, 3.05) is 0 Å². The van der Waals surface area contributed by atoms with Crippen LogP contribution in [-0.4, -0.2) is 5.97 Å². The van der Waals surface area contributed by atoms with E-state index < -0.39 is 5.97 Å². The first-order chi connectivity index (χ1) is 10.1. The average molecular weight is 279 g/mol. The Kier molecular flexibility index (Phi) is 4.73. The quantitative estimate of drug-likeness (QED) is 0.483. The van der Waals surface area contributed by atoms with E-state index in [-0.39, 0.29) is 18.1 Å². The molecule has 2 rings (SSSR count). The number of hydrogen-bond donors (Lipinski definition) is 0. The highest BCUT2D eigenvalue weighted by atomic mass is 16.5. The van der Waals surface area contributed by atoms with Gasteiger partial charge in [-0.25, -0.2) is 4.79 Å². The van der Waals surface area contributed by atoms with Crippen molar-refractivity contribution < 1.29 is 9.53 Å². The summed E-state index contributed by atoms with van der Waals surface area (Å²) in [6.45, 7) is 3.99. The van der Waals surface area contributed by atoms with Crippen molar-refractivity contribution in [1.29, 1.82) is 5.26 Å². The van der Waals surface area contributed by atoms with Crippen LogP contribution >= 0.6 is 0 Å². The summed E-state index contributed by atoms with van der Waals surface area (Å²) in [5, 5.41) is 11.2. The van der Waals surface area contributed by atoms with Crippen molar-refractivity contribution in [3.63, 3.8) is 0 Å². The summed E-state index contributed by atoms with van der Waals surface area (Å²) in [5.41, 5.74) is 0.994. The number of hydrogen-bond acceptors (Lipinski definition) is 3. The lowest BCUT2D eigenvalue weighted by Gasteiger charge is -2.08. The van der Waals surface area contributed by atoms with Crippen molar-refractivity contribution in [1.82, 2.24) is 0 Å². The van der Waals surface area contributed by atoms with Crippen LogP contribution in [0.25, 0.3) is 10.8 Å². The fourth-order valence-corrected chi connectivity index (χ4v) is 2.12. The average Bonchev–Trinajstić information content (AvgIpc) is 2.50. The molecule has 0 unspecified atom stereocenters. The summed E-state index contributed by atoms with van der Waals surface area (Å²) in [7, 11) is 0. The lowest BCUT2D eigenvalue weighted by Crippen LogP contribution is -2.08. The second-order valence-electron chi connectivity index (χ2n) is 5.15. The Morgan fingerprint density at radius 2 is 1.95 bits per heavy atom. The van der Waals surface area contributed by atoms with Crippen molar-refractivity contribution >= 4 is 16.7 Å². The molecule has 0 amide bonds. The summed E-state index contributed by atoms with van der Waals surface area (Å²) in [6.07, 6.45) is 1.62. The largest absolute Gasteiger partial charge is 0.457 e. The predicted molar refractivity (Wildman–Crippen MR) is 82.3 cm³/mol. The minimum Gasteiger partial charge on any atom is -0.457 e. The highest BCUT2D eigenvalue weighted by Gasteiger charge is 2.12. The normalized spacial score (nSPS) is 11.4. The maximum atomic E-state index is 11.9. The summed E-state index contributed by atoms with van der Waals surface area (Å²) in [5.74, 6) is -0.441. The molecule has 21 heavy (non-hydrogen) atoms. The van der Waals surface area contributed by atoms with Crippen LogP contribution in [0, 0.1) is 17.2 Å². The third kappa shape index (κ3) is 3.70. The highest BCUT2D eigenvalue weighted by molar-refractivity contribution is 5.93. The SMILES string of the molecule is CC(C)/C=C(\C#N)C(=O)OCc1cccc2ccccc12. The summed E-state index contributed by atoms with van der Waals surface area (Å²) in [4.78, 5) is 11.9. The molecule has 2 aromatic carbocycles. The number of carbonyl (C=O) groups excluding carboxylic acids is 1. The van der Waals surface area contributed by atoms with Gasteiger partial charge >= 0.3 is 5.97 Å². The number of benzene rings is 2. The standard InChI is InChI=1S/C18H17NO2/c1-13(2)10-16(11-19)18(20)21-12-15-8-5-7-14-6-3-4-9-17(14)15/h3-10,13H,12H2,1-2H3/b16-10+. The Bertz CT molecular complexity index is 718. The molecule has 0 saturated heterocycles. The third-order valence-electron chi connectivity index (χ3n) is 3.08. The number of carbonyl (C=O) groups is 1. The van der Waals surface area contributed by atoms with E-state index in [1.807, 2.05) is 62.4 Å². The van der Waals surface area contributed by atoms with Crippen molar-refractivity contribution in [3.05, 3.63) is 59.7 Å². The molecule has 0 bridgehead atoms. The minimum absolute atomic E-state index is 0.0604. The third-order valence-corrected chi connectivity index (χ3v) is 3.08. The first kappa shape index (κ1) is 14.8. The molecule has 2 aromatic rings. The Labute approximate surface area is 124 Å². The zero-order valence-electron chi connectivity index (χ0n) is 12.2. The lowest BCUT2D eigenvalue weighted by molar-refractivity contribution is -0.139. The van der Waals surface area contributed by atoms with E-state index in [2.05, 4.69) is 0 Å². The van der Waals surface area contributed by atoms with E-state index in [1.165, 1.54) is 0 Å². The maximum absolute atomic E-state index is 11.9. The molecule has 106 valence electrons. The molecule has 0 aromatic heterocycles. The number of allylic oxidation sites excluding steroid dienone is 1. The number of esters is 1. The zero-order chi connectivity index (χ0) is 15.2. The van der Waals surface area contributed by atoms with Crippen LogP contribution in [0.3, 0.4) is 0 Å². The van der Waals surface area contributed by atoms with Crippen molar-refractivity contribution in [2.24, 2.45) is 5.92 Å². The number of nitriles is 1. The molecule has 0 fully saturated rings. The first-order valence-electron chi connectivity index (χ1n) is 6.87. The van der Waals surface area contributed by atoms with Gasteiger partial charge < -0.3 is 4.74 Å². The first-order valence-corrected chi connectivity index (χ1v) is 6.87. The molecule has 0 N–H and O–H groups in total. The van der Waals surface area contributed by atoms with Gasteiger partial charge in [-0.05, 0) is 22.3 Å². The van der Waals surface area contributed by atoms with Crippen LogP contribution in [0.1, 0.15) is 19.4 Å². The van der Waals surface area contributed by atoms with Gasteiger partial charge in [0.05, 0.1) is 0 Å². The molecule has 0 aliphatic rings. The second-order valence-corrected chi connectivity index (χ2v) is 5.15. The molecule has 0 atom stereocenters. The predicted octanol–water partition coefficient (Wildman–Crippen LogP) is 3.99. The number of nitrogens with zero attached hydrogens (tertiary/aromatic N) is 1. The minimum atomic E-state index is -0.570. The zero-order valence-corrected chi connectivity index (χ0v) is 12.2. The van der Waals surface area contributed by atoms with Gasteiger partial charge in [-0.15, -0.1) is 0 Å². The Morgan fingerprint density at radius 3 is 2.67 bits per heavy atom. The van der Waals surface area contributed by atoms with Crippen molar-refractivity contribution in [2.45, 2.75) is 20.5 Å². The van der Waals surface area contributed by atoms with Gasteiger partial charge in [0.1, 0.15) is 18.2 Å². The molecule has 0 spiro atoms. The van der Waals surface area contributed by atoms with Crippen LogP contribution in [0.4, 0.5) is 0 Å². The fraction of sp³-hybridized carbons (Fsp3) is 0.222. The highest BCUT2D eigenvalue weighted by Crippen LogP contribution is 2.19. The van der Waals surface area contributed by atoms with Gasteiger partial charge in [0.15, 0.2) is 0 Å². The van der Waals surface area contributed by atoms with Crippen molar-refractivity contribution in [3.8, 4) is 6.07 Å². The monoisotopic (exact) mass is 279 g/mol. The topological polar surface area (TPSA) is 50.1 Å². The number of fused-ring (bicyclic) bond motifs is 1. The van der Waals surface area contributed by atoms with Crippen LogP contribution in [-0.2, 0) is 16.1 Å². The second kappa shape index (κ2) is 6.71. The Balaban J connectivity index is 2.16. The smallest absolute Gasteiger partial charge is 0.348 e. The fourth-order valence-electron chi connectivity index (χ4n) is 2.12. The van der Waals surface area contributed by atoms with Gasteiger partial charge in [0.25, 0.3) is 0 Å². The molecule has 0 aliphatic carbocycles. The molecule has 3 heteroatoms. The number of ether oxygens (including phenoxy) is 1. The lowest BCUT2D eigenvalue weighted by atomic mass is 10.1. The summed E-state index contributed by atoms with van der Waals surface area (Å²) >= 11 is 0. The van der Waals surface area contributed by atoms with Crippen LogP contribution in [0.15, 0.2) is 54.1 Å². The molecule has 0 heterocycles. The van der Waals surface area contributed by atoms with Crippen LogP contribution < -0.4 is 0 Å². The van der Waals surface area contributed by atoms with Crippen LogP contribution in [0.2, 0.25) is 0 Å².